The summed E-state index contributed by atoms with van der Waals surface area (Å²) in [5.74, 6) is 0.509. The summed E-state index contributed by atoms with van der Waals surface area (Å²) in [6.07, 6.45) is 3.29. The van der Waals surface area contributed by atoms with E-state index < -0.39 is 0 Å². The third-order valence-electron chi connectivity index (χ3n) is 7.51. The van der Waals surface area contributed by atoms with E-state index >= 15 is 0 Å². The second-order valence-corrected chi connectivity index (χ2v) is 10.1. The highest BCUT2D eigenvalue weighted by atomic mass is 16.5. The number of benzene rings is 3. The fourth-order valence-corrected chi connectivity index (χ4v) is 5.60. The summed E-state index contributed by atoms with van der Waals surface area (Å²) in [4.78, 5) is 30.8. The number of aryl methyl sites for hydroxylation is 2. The largest absolute Gasteiger partial charge is 0.511 e. The molecule has 2 aliphatic carbocycles. The Balaban J connectivity index is 1.35. The molecule has 0 radical (unpaired) electrons. The van der Waals surface area contributed by atoms with Gasteiger partial charge >= 0.3 is 0 Å². The highest BCUT2D eigenvalue weighted by molar-refractivity contribution is 6.25. The van der Waals surface area contributed by atoms with Crippen LogP contribution in [0, 0.1) is 0 Å². The molecule has 1 saturated carbocycles. The van der Waals surface area contributed by atoms with Gasteiger partial charge in [0.1, 0.15) is 11.5 Å². The number of Topliss-reactive ketones (excluding diaryl/α,β-unsaturated/α-hetero) is 2. The van der Waals surface area contributed by atoms with Gasteiger partial charge in [0.05, 0.1) is 28.2 Å². The van der Waals surface area contributed by atoms with E-state index in [0.717, 1.165) is 28.4 Å². The number of aliphatic hydroxyl groups excluding tert-OH is 1. The molecule has 0 aliphatic heterocycles. The van der Waals surface area contributed by atoms with E-state index in [9.17, 15) is 14.7 Å². The van der Waals surface area contributed by atoms with E-state index in [2.05, 4.69) is 5.16 Å². The quantitative estimate of drug-likeness (QED) is 0.233. The van der Waals surface area contributed by atoms with Crippen molar-refractivity contribution in [1.82, 2.24) is 5.16 Å². The molecule has 3 aromatic carbocycles. The number of fused-ring (bicyclic) bond motifs is 2. The Morgan fingerprint density at radius 2 is 1.71 bits per heavy atom. The average Bonchev–Trinajstić information content (AvgIpc) is 3.36. The zero-order valence-electron chi connectivity index (χ0n) is 21.0. The number of aliphatic imine (C=N–C) groups is 1. The summed E-state index contributed by atoms with van der Waals surface area (Å²) in [6.45, 7) is 0. The summed E-state index contributed by atoms with van der Waals surface area (Å²) < 4.78 is 5.40. The van der Waals surface area contributed by atoms with Crippen LogP contribution in [0.4, 0.5) is 5.69 Å². The molecule has 6 nitrogen and oxygen atoms in total. The summed E-state index contributed by atoms with van der Waals surface area (Å²) in [5.41, 5.74) is 3.80. The van der Waals surface area contributed by atoms with Crippen molar-refractivity contribution in [2.24, 2.45) is 4.99 Å². The van der Waals surface area contributed by atoms with Gasteiger partial charge in [0.2, 0.25) is 0 Å². The van der Waals surface area contributed by atoms with E-state index in [1.54, 1.807) is 0 Å². The van der Waals surface area contributed by atoms with Crippen LogP contribution in [0.25, 0.3) is 10.8 Å². The van der Waals surface area contributed by atoms with Gasteiger partial charge in [-0.2, -0.15) is 0 Å². The van der Waals surface area contributed by atoms with Crippen molar-refractivity contribution < 1.29 is 19.2 Å². The highest BCUT2D eigenvalue weighted by Gasteiger charge is 2.33. The number of hydrogen-bond donors (Lipinski definition) is 1. The van der Waals surface area contributed by atoms with E-state index in [4.69, 9.17) is 9.52 Å². The SMILES string of the molecule is O=C1CC(c2ccccc2)CC(=Nc2ccc3ccccc3c2)/C1=C(\O)CCc1noc2c1C(=O)CCC2. The van der Waals surface area contributed by atoms with E-state index in [1.807, 2.05) is 72.8 Å². The third-order valence-corrected chi connectivity index (χ3v) is 7.51. The van der Waals surface area contributed by atoms with Gasteiger partial charge in [-0.05, 0) is 47.2 Å². The topological polar surface area (TPSA) is 92.8 Å². The third kappa shape index (κ3) is 4.70. The van der Waals surface area contributed by atoms with Crippen LogP contribution in [0.5, 0.6) is 0 Å². The Morgan fingerprint density at radius 3 is 2.55 bits per heavy atom. The van der Waals surface area contributed by atoms with Crippen molar-refractivity contribution in [2.75, 3.05) is 0 Å². The molecule has 0 saturated heterocycles. The summed E-state index contributed by atoms with van der Waals surface area (Å²) in [5, 5.41) is 17.5. The standard InChI is InChI=1S/C32H28N2O4/c35-27-11-6-12-30-32(27)25(34-38-30)15-16-28(36)31-26(18-23(19-29(31)37)20-7-2-1-3-8-20)33-24-14-13-21-9-4-5-10-22(21)17-24/h1-5,7-10,13-14,17,23,36H,6,11-12,15-16,18-19H2/b31-28+,33-26?. The first-order chi connectivity index (χ1) is 18.6. The van der Waals surface area contributed by atoms with Crippen molar-refractivity contribution in [3.63, 3.8) is 0 Å². The molecule has 1 unspecified atom stereocenters. The molecule has 1 aromatic heterocycles. The monoisotopic (exact) mass is 504 g/mol. The molecule has 0 bridgehead atoms. The maximum absolute atomic E-state index is 13.5. The lowest BCUT2D eigenvalue weighted by Gasteiger charge is -2.26. The lowest BCUT2D eigenvalue weighted by atomic mass is 9.78. The number of aromatic nitrogens is 1. The van der Waals surface area contributed by atoms with Crippen LogP contribution in [-0.4, -0.2) is 27.5 Å². The normalized spacial score (nSPS) is 20.1. The first-order valence-corrected chi connectivity index (χ1v) is 13.1. The van der Waals surface area contributed by atoms with Gasteiger partial charge in [-0.25, -0.2) is 0 Å². The minimum atomic E-state index is -0.125. The van der Waals surface area contributed by atoms with Gasteiger partial charge in [-0.15, -0.1) is 0 Å². The Bertz CT molecular complexity index is 1600. The molecule has 1 atom stereocenters. The maximum Gasteiger partial charge on any atom is 0.168 e. The van der Waals surface area contributed by atoms with Crippen molar-refractivity contribution >= 4 is 33.7 Å². The molecule has 38 heavy (non-hydrogen) atoms. The van der Waals surface area contributed by atoms with Gasteiger partial charge in [0, 0.05) is 32.1 Å². The minimum absolute atomic E-state index is 0.0129. The van der Waals surface area contributed by atoms with E-state index in [-0.39, 0.29) is 35.2 Å². The van der Waals surface area contributed by atoms with Crippen LogP contribution >= 0.6 is 0 Å². The second kappa shape index (κ2) is 10.2. The second-order valence-electron chi connectivity index (χ2n) is 10.1. The summed E-state index contributed by atoms with van der Waals surface area (Å²) >= 11 is 0. The molecule has 1 heterocycles. The molecule has 6 heteroatoms. The van der Waals surface area contributed by atoms with Crippen LogP contribution in [-0.2, 0) is 17.6 Å². The Morgan fingerprint density at radius 1 is 0.921 bits per heavy atom. The molecule has 1 N–H and O–H groups in total. The van der Waals surface area contributed by atoms with Gasteiger partial charge in [-0.3, -0.25) is 14.6 Å². The predicted molar refractivity (Wildman–Crippen MR) is 146 cm³/mol. The molecule has 0 amide bonds. The number of rotatable bonds is 5. The predicted octanol–water partition coefficient (Wildman–Crippen LogP) is 7.01. The number of hydrogen-bond acceptors (Lipinski definition) is 6. The molecule has 0 spiro atoms. The summed E-state index contributed by atoms with van der Waals surface area (Å²) in [6, 6.07) is 24.0. The fraction of sp³-hybridized carbons (Fsp3) is 0.250. The number of carbonyl (C=O) groups excluding carboxylic acids is 2. The fourth-order valence-electron chi connectivity index (χ4n) is 5.60. The minimum Gasteiger partial charge on any atom is -0.511 e. The van der Waals surface area contributed by atoms with Gasteiger partial charge in [-0.1, -0.05) is 65.8 Å². The highest BCUT2D eigenvalue weighted by Crippen LogP contribution is 2.35. The number of carbonyl (C=O) groups is 2. The smallest absolute Gasteiger partial charge is 0.168 e. The molecular weight excluding hydrogens is 476 g/mol. The molecule has 2 aliphatic rings. The van der Waals surface area contributed by atoms with Crippen LogP contribution in [0.1, 0.15) is 65.4 Å². The Kier molecular flexibility index (Phi) is 6.46. The Labute approximate surface area is 220 Å². The molecule has 6 rings (SSSR count). The van der Waals surface area contributed by atoms with Gasteiger partial charge < -0.3 is 9.63 Å². The molecular formula is C32H28N2O4. The van der Waals surface area contributed by atoms with Crippen molar-refractivity contribution in [2.45, 2.75) is 50.9 Å². The van der Waals surface area contributed by atoms with Crippen LogP contribution in [0.2, 0.25) is 0 Å². The Hall–Kier alpha value is -4.32. The molecule has 4 aromatic rings. The molecule has 190 valence electrons. The first kappa shape index (κ1) is 24.0. The van der Waals surface area contributed by atoms with E-state index in [0.29, 0.717) is 54.8 Å². The molecule has 1 fully saturated rings. The summed E-state index contributed by atoms with van der Waals surface area (Å²) in [7, 11) is 0. The van der Waals surface area contributed by atoms with Crippen molar-refractivity contribution in [3.05, 3.63) is 107 Å². The van der Waals surface area contributed by atoms with E-state index in [1.165, 1.54) is 0 Å². The average molecular weight is 505 g/mol. The van der Waals surface area contributed by atoms with Gasteiger partial charge in [0.15, 0.2) is 11.6 Å². The van der Waals surface area contributed by atoms with Crippen molar-refractivity contribution in [1.29, 1.82) is 0 Å². The van der Waals surface area contributed by atoms with Crippen LogP contribution in [0.3, 0.4) is 0 Å². The number of aliphatic hydroxyl groups is 1. The number of ketones is 2. The van der Waals surface area contributed by atoms with Gasteiger partial charge in [0.25, 0.3) is 0 Å². The van der Waals surface area contributed by atoms with Crippen LogP contribution < -0.4 is 0 Å². The zero-order valence-corrected chi connectivity index (χ0v) is 21.0. The lowest BCUT2D eigenvalue weighted by Crippen LogP contribution is -2.26. The first-order valence-electron chi connectivity index (χ1n) is 13.1. The number of nitrogens with zero attached hydrogens (tertiary/aromatic N) is 2. The van der Waals surface area contributed by atoms with Crippen LogP contribution in [0.15, 0.2) is 93.6 Å². The lowest BCUT2D eigenvalue weighted by molar-refractivity contribution is -0.116. The van der Waals surface area contributed by atoms with Crippen molar-refractivity contribution in [3.8, 4) is 0 Å². The number of allylic oxidation sites excluding steroid dienone is 2. The maximum atomic E-state index is 13.5. The zero-order chi connectivity index (χ0) is 26.1.